The standard InChI is InChI=1S/C22H16F5N3S/c1-11-5-4-6-16(23)19(11)20-28-21(30(3)29-20)15-10-18(31-12(15)2)14-8-7-13(9-17(14)24)22(25,26)27/h4-10H,1-3H3. The molecule has 0 radical (unpaired) electrons. The zero-order valence-electron chi connectivity index (χ0n) is 16.7. The van der Waals surface area contributed by atoms with Crippen LogP contribution in [-0.4, -0.2) is 14.8 Å². The number of nitrogens with zero attached hydrogens (tertiary/aromatic N) is 3. The van der Waals surface area contributed by atoms with E-state index in [2.05, 4.69) is 10.1 Å². The molecule has 2 aromatic heterocycles. The van der Waals surface area contributed by atoms with Crippen LogP contribution in [0.15, 0.2) is 42.5 Å². The van der Waals surface area contributed by atoms with Crippen molar-refractivity contribution in [2.24, 2.45) is 7.05 Å². The van der Waals surface area contributed by atoms with Crippen LogP contribution in [0.4, 0.5) is 22.0 Å². The van der Waals surface area contributed by atoms with E-state index in [1.807, 2.05) is 0 Å². The zero-order chi connectivity index (χ0) is 22.5. The Morgan fingerprint density at radius 1 is 0.935 bits per heavy atom. The molecule has 2 aromatic carbocycles. The third kappa shape index (κ3) is 3.85. The maximum atomic E-state index is 14.4. The molecule has 0 bridgehead atoms. The first-order chi connectivity index (χ1) is 14.6. The van der Waals surface area contributed by atoms with Crippen LogP contribution in [0.2, 0.25) is 0 Å². The van der Waals surface area contributed by atoms with E-state index in [0.717, 1.165) is 17.0 Å². The van der Waals surface area contributed by atoms with E-state index in [9.17, 15) is 22.0 Å². The minimum atomic E-state index is -4.62. The third-order valence-electron chi connectivity index (χ3n) is 4.93. The van der Waals surface area contributed by atoms with Crippen LogP contribution >= 0.6 is 11.3 Å². The lowest BCUT2D eigenvalue weighted by Gasteiger charge is -2.08. The Labute approximate surface area is 178 Å². The summed E-state index contributed by atoms with van der Waals surface area (Å²) >= 11 is 1.23. The molecule has 9 heteroatoms. The summed E-state index contributed by atoms with van der Waals surface area (Å²) < 4.78 is 68.8. The van der Waals surface area contributed by atoms with Crippen LogP contribution in [-0.2, 0) is 13.2 Å². The molecule has 0 N–H and O–H groups in total. The Balaban J connectivity index is 1.77. The highest BCUT2D eigenvalue weighted by Gasteiger charge is 2.31. The monoisotopic (exact) mass is 449 g/mol. The Bertz CT molecular complexity index is 1270. The molecule has 0 saturated carbocycles. The van der Waals surface area contributed by atoms with Crippen LogP contribution in [0, 0.1) is 25.5 Å². The normalized spacial score (nSPS) is 11.9. The molecule has 0 aliphatic carbocycles. The fourth-order valence-corrected chi connectivity index (χ4v) is 4.41. The molecule has 0 atom stereocenters. The van der Waals surface area contributed by atoms with E-state index in [1.165, 1.54) is 22.1 Å². The van der Waals surface area contributed by atoms with Gasteiger partial charge in [-0.15, -0.1) is 11.3 Å². The Morgan fingerprint density at radius 2 is 1.68 bits per heavy atom. The number of hydrogen-bond donors (Lipinski definition) is 0. The smallest absolute Gasteiger partial charge is 0.248 e. The summed E-state index contributed by atoms with van der Waals surface area (Å²) in [5.74, 6) is -0.721. The van der Waals surface area contributed by atoms with Gasteiger partial charge in [-0.2, -0.15) is 18.3 Å². The van der Waals surface area contributed by atoms with Gasteiger partial charge in [0, 0.05) is 27.9 Å². The molecule has 0 unspecified atom stereocenters. The van der Waals surface area contributed by atoms with E-state index in [0.29, 0.717) is 33.5 Å². The lowest BCUT2D eigenvalue weighted by molar-refractivity contribution is -0.137. The van der Waals surface area contributed by atoms with Crippen molar-refractivity contribution in [3.8, 4) is 33.2 Å². The second kappa shape index (κ2) is 7.56. The van der Waals surface area contributed by atoms with Gasteiger partial charge in [0.1, 0.15) is 11.6 Å². The summed E-state index contributed by atoms with van der Waals surface area (Å²) in [6, 6.07) is 8.83. The number of aromatic nitrogens is 3. The number of alkyl halides is 3. The van der Waals surface area contributed by atoms with Gasteiger partial charge in [-0.1, -0.05) is 18.2 Å². The van der Waals surface area contributed by atoms with Gasteiger partial charge < -0.3 is 0 Å². The molecule has 0 aliphatic rings. The van der Waals surface area contributed by atoms with Crippen molar-refractivity contribution in [3.05, 3.63) is 70.1 Å². The molecule has 160 valence electrons. The quantitative estimate of drug-likeness (QED) is 0.322. The summed E-state index contributed by atoms with van der Waals surface area (Å²) in [5, 5.41) is 4.33. The number of benzene rings is 2. The summed E-state index contributed by atoms with van der Waals surface area (Å²) in [4.78, 5) is 5.73. The summed E-state index contributed by atoms with van der Waals surface area (Å²) in [7, 11) is 1.66. The van der Waals surface area contributed by atoms with E-state index in [1.54, 1.807) is 39.1 Å². The molecular formula is C22H16F5N3S. The first kappa shape index (κ1) is 21.2. The van der Waals surface area contributed by atoms with Crippen LogP contribution in [0.5, 0.6) is 0 Å². The van der Waals surface area contributed by atoms with Crippen molar-refractivity contribution in [3.63, 3.8) is 0 Å². The molecule has 0 fully saturated rings. The Hall–Kier alpha value is -3.07. The summed E-state index contributed by atoms with van der Waals surface area (Å²) in [5.41, 5.74) is 0.660. The Morgan fingerprint density at radius 3 is 2.32 bits per heavy atom. The third-order valence-corrected chi connectivity index (χ3v) is 6.01. The molecule has 0 spiro atoms. The van der Waals surface area contributed by atoms with Gasteiger partial charge in [0.2, 0.25) is 0 Å². The van der Waals surface area contributed by atoms with E-state index in [4.69, 9.17) is 0 Å². The predicted octanol–water partition coefficient (Wildman–Crippen LogP) is 6.79. The molecule has 2 heterocycles. The fraction of sp³-hybridized carbons (Fsp3) is 0.182. The van der Waals surface area contributed by atoms with Crippen molar-refractivity contribution in [2.75, 3.05) is 0 Å². The van der Waals surface area contributed by atoms with Crippen molar-refractivity contribution >= 4 is 11.3 Å². The Kier molecular flexibility index (Phi) is 5.17. The highest BCUT2D eigenvalue weighted by Crippen LogP contribution is 2.39. The average Bonchev–Trinajstić information content (AvgIpc) is 3.23. The first-order valence-corrected chi connectivity index (χ1v) is 10.0. The van der Waals surface area contributed by atoms with Crippen molar-refractivity contribution in [2.45, 2.75) is 20.0 Å². The van der Waals surface area contributed by atoms with Crippen molar-refractivity contribution < 1.29 is 22.0 Å². The van der Waals surface area contributed by atoms with Gasteiger partial charge in [0.05, 0.1) is 11.1 Å². The van der Waals surface area contributed by atoms with E-state index < -0.39 is 23.4 Å². The molecule has 0 aliphatic heterocycles. The van der Waals surface area contributed by atoms with Crippen LogP contribution in [0.3, 0.4) is 0 Å². The van der Waals surface area contributed by atoms with Gasteiger partial charge in [-0.05, 0) is 43.7 Å². The van der Waals surface area contributed by atoms with Crippen molar-refractivity contribution in [1.82, 2.24) is 14.8 Å². The maximum Gasteiger partial charge on any atom is 0.416 e. The van der Waals surface area contributed by atoms with E-state index >= 15 is 0 Å². The molecule has 3 nitrogen and oxygen atoms in total. The number of hydrogen-bond acceptors (Lipinski definition) is 3. The lowest BCUT2D eigenvalue weighted by atomic mass is 10.1. The number of halogens is 5. The molecule has 0 amide bonds. The lowest BCUT2D eigenvalue weighted by Crippen LogP contribution is -2.05. The fourth-order valence-electron chi connectivity index (χ4n) is 3.37. The molecular weight excluding hydrogens is 433 g/mol. The van der Waals surface area contributed by atoms with Gasteiger partial charge in [-0.3, -0.25) is 0 Å². The minimum absolute atomic E-state index is 0.0692. The van der Waals surface area contributed by atoms with Crippen molar-refractivity contribution in [1.29, 1.82) is 0 Å². The number of thiophene rings is 1. The minimum Gasteiger partial charge on any atom is -0.248 e. The molecule has 4 rings (SSSR count). The molecule has 0 saturated heterocycles. The number of aryl methyl sites for hydroxylation is 3. The topological polar surface area (TPSA) is 30.7 Å². The van der Waals surface area contributed by atoms with Gasteiger partial charge in [0.15, 0.2) is 11.6 Å². The van der Waals surface area contributed by atoms with Crippen LogP contribution in [0.25, 0.3) is 33.2 Å². The maximum absolute atomic E-state index is 14.4. The molecule has 4 aromatic rings. The SMILES string of the molecule is Cc1cccc(F)c1-c1nc(-c2cc(-c3ccc(C(F)(F)F)cc3F)sc2C)n(C)n1. The molecule has 31 heavy (non-hydrogen) atoms. The van der Waals surface area contributed by atoms with Crippen LogP contribution in [0.1, 0.15) is 16.0 Å². The average molecular weight is 449 g/mol. The van der Waals surface area contributed by atoms with Crippen LogP contribution < -0.4 is 0 Å². The summed E-state index contributed by atoms with van der Waals surface area (Å²) in [6.07, 6.45) is -4.62. The zero-order valence-corrected chi connectivity index (χ0v) is 17.5. The number of rotatable bonds is 3. The van der Waals surface area contributed by atoms with E-state index in [-0.39, 0.29) is 11.4 Å². The van der Waals surface area contributed by atoms with Gasteiger partial charge in [-0.25, -0.2) is 18.4 Å². The first-order valence-electron chi connectivity index (χ1n) is 9.20. The second-order valence-corrected chi connectivity index (χ2v) is 8.34. The second-order valence-electron chi connectivity index (χ2n) is 7.09. The largest absolute Gasteiger partial charge is 0.416 e. The summed E-state index contributed by atoms with van der Waals surface area (Å²) in [6.45, 7) is 3.56. The predicted molar refractivity (Wildman–Crippen MR) is 110 cm³/mol. The highest BCUT2D eigenvalue weighted by atomic mass is 32.1. The van der Waals surface area contributed by atoms with Gasteiger partial charge >= 0.3 is 6.18 Å². The van der Waals surface area contributed by atoms with Gasteiger partial charge in [0.25, 0.3) is 0 Å². The highest BCUT2D eigenvalue weighted by molar-refractivity contribution is 7.16.